The van der Waals surface area contributed by atoms with Gasteiger partial charge in [-0.05, 0) is 39.7 Å². The number of pyridine rings is 2. The highest BCUT2D eigenvalue weighted by molar-refractivity contribution is 9.10. The van der Waals surface area contributed by atoms with Gasteiger partial charge in [0.05, 0.1) is 21.9 Å². The van der Waals surface area contributed by atoms with Gasteiger partial charge in [0.2, 0.25) is 0 Å². The topological polar surface area (TPSA) is 84.6 Å². The molecule has 0 N–H and O–H groups in total. The van der Waals surface area contributed by atoms with Crippen LogP contribution >= 0.6 is 15.9 Å². The van der Waals surface area contributed by atoms with Gasteiger partial charge in [0.1, 0.15) is 16.5 Å². The first-order valence-corrected chi connectivity index (χ1v) is 9.09. The van der Waals surface area contributed by atoms with Gasteiger partial charge >= 0.3 is 0 Å². The van der Waals surface area contributed by atoms with E-state index in [0.29, 0.717) is 16.9 Å². The van der Waals surface area contributed by atoms with Crippen molar-refractivity contribution >= 4 is 43.9 Å². The van der Waals surface area contributed by atoms with Crippen LogP contribution in [0.4, 0.5) is 5.82 Å². The highest BCUT2D eigenvalue weighted by atomic mass is 79.9. The zero-order valence-corrected chi connectivity index (χ0v) is 15.1. The Hall–Kier alpha value is -2.26. The smallest absolute Gasteiger partial charge is 0.259 e. The molecule has 9 heteroatoms. The first kappa shape index (κ1) is 16.6. The molecule has 0 aliphatic heterocycles. The molecule has 7 nitrogen and oxygen atoms in total. The summed E-state index contributed by atoms with van der Waals surface area (Å²) in [7, 11) is -0.880. The molecule has 0 atom stereocenters. The second kappa shape index (κ2) is 6.70. The normalized spacial score (nSPS) is 11.1. The lowest BCUT2D eigenvalue weighted by atomic mass is 10.2. The highest BCUT2D eigenvalue weighted by Crippen LogP contribution is 2.20. The number of carbonyl (C=O) groups is 1. The van der Waals surface area contributed by atoms with Crippen molar-refractivity contribution in [3.63, 3.8) is 0 Å². The SMILES string of the molecule is CN(C(=O)c1ccn2ncc(Br)c2c1)c1ccc(C[SH](=O)=O)cn1. The molecule has 0 saturated heterocycles. The summed E-state index contributed by atoms with van der Waals surface area (Å²) >= 11 is 3.39. The molecule has 0 unspecified atom stereocenters. The number of anilines is 1. The monoisotopic (exact) mass is 408 g/mol. The van der Waals surface area contributed by atoms with Crippen molar-refractivity contribution in [2.75, 3.05) is 11.9 Å². The zero-order valence-electron chi connectivity index (χ0n) is 12.6. The van der Waals surface area contributed by atoms with Crippen LogP contribution in [-0.2, 0) is 16.5 Å². The molecule has 3 rings (SSSR count). The number of rotatable bonds is 4. The lowest BCUT2D eigenvalue weighted by Gasteiger charge is -2.16. The average Bonchev–Trinajstić information content (AvgIpc) is 2.94. The lowest BCUT2D eigenvalue weighted by molar-refractivity contribution is 0.0992. The van der Waals surface area contributed by atoms with E-state index >= 15 is 0 Å². The molecule has 0 aliphatic rings. The summed E-state index contributed by atoms with van der Waals surface area (Å²) in [5, 5.41) is 4.14. The fourth-order valence-electron chi connectivity index (χ4n) is 2.24. The summed E-state index contributed by atoms with van der Waals surface area (Å²) in [6.45, 7) is 0. The number of hydrogen-bond acceptors (Lipinski definition) is 5. The van der Waals surface area contributed by atoms with Gasteiger partial charge in [0.15, 0.2) is 0 Å². The molecule has 3 aromatic rings. The predicted octanol–water partition coefficient (Wildman–Crippen LogP) is 1.88. The first-order valence-electron chi connectivity index (χ1n) is 6.93. The van der Waals surface area contributed by atoms with E-state index in [1.807, 2.05) is 0 Å². The van der Waals surface area contributed by atoms with E-state index in [9.17, 15) is 13.2 Å². The van der Waals surface area contributed by atoms with Crippen molar-refractivity contribution in [3.05, 3.63) is 58.5 Å². The van der Waals surface area contributed by atoms with Gasteiger partial charge in [0, 0.05) is 25.0 Å². The van der Waals surface area contributed by atoms with Crippen LogP contribution in [-0.4, -0.2) is 36.0 Å². The summed E-state index contributed by atoms with van der Waals surface area (Å²) in [5.41, 5.74) is 1.87. The van der Waals surface area contributed by atoms with Crippen LogP contribution in [0, 0.1) is 0 Å². The predicted molar refractivity (Wildman–Crippen MR) is 93.9 cm³/mol. The largest absolute Gasteiger partial charge is 0.296 e. The van der Waals surface area contributed by atoms with Crippen molar-refractivity contribution in [3.8, 4) is 0 Å². The molecule has 0 radical (unpaired) electrons. The van der Waals surface area contributed by atoms with Gasteiger partial charge in [-0.25, -0.2) is 17.9 Å². The van der Waals surface area contributed by atoms with Crippen LogP contribution in [0.2, 0.25) is 0 Å². The molecule has 0 bridgehead atoms. The summed E-state index contributed by atoms with van der Waals surface area (Å²) in [6, 6.07) is 6.70. The van der Waals surface area contributed by atoms with E-state index in [1.54, 1.807) is 48.2 Å². The number of fused-ring (bicyclic) bond motifs is 1. The average molecular weight is 409 g/mol. The molecule has 0 aromatic carbocycles. The highest BCUT2D eigenvalue weighted by Gasteiger charge is 2.16. The summed E-state index contributed by atoms with van der Waals surface area (Å²) in [4.78, 5) is 18.2. The van der Waals surface area contributed by atoms with Gasteiger partial charge in [-0.1, -0.05) is 6.07 Å². The van der Waals surface area contributed by atoms with E-state index in [0.717, 1.165) is 9.99 Å². The number of thiol groups is 1. The fourth-order valence-corrected chi connectivity index (χ4v) is 3.11. The van der Waals surface area contributed by atoms with Crippen LogP contribution in [0.1, 0.15) is 15.9 Å². The minimum absolute atomic E-state index is 0.0633. The number of nitrogens with zero attached hydrogens (tertiary/aromatic N) is 4. The van der Waals surface area contributed by atoms with E-state index in [4.69, 9.17) is 0 Å². The van der Waals surface area contributed by atoms with Crippen molar-refractivity contribution in [2.45, 2.75) is 5.75 Å². The molecule has 1 amide bonds. The Morgan fingerprint density at radius 2 is 2.08 bits per heavy atom. The lowest BCUT2D eigenvalue weighted by Crippen LogP contribution is -2.27. The van der Waals surface area contributed by atoms with Crippen LogP contribution < -0.4 is 4.90 Å². The Labute approximate surface area is 148 Å². The maximum absolute atomic E-state index is 12.6. The third kappa shape index (κ3) is 3.31. The van der Waals surface area contributed by atoms with Gasteiger partial charge in [-0.2, -0.15) is 5.10 Å². The molecular weight excluding hydrogens is 396 g/mol. The minimum atomic E-state index is -2.50. The number of hydrogen-bond donors (Lipinski definition) is 1. The Balaban J connectivity index is 1.86. The molecule has 124 valence electrons. The third-order valence-electron chi connectivity index (χ3n) is 3.49. The first-order chi connectivity index (χ1) is 11.5. The molecule has 0 saturated carbocycles. The van der Waals surface area contributed by atoms with Crippen molar-refractivity contribution in [1.29, 1.82) is 0 Å². The number of amides is 1. The van der Waals surface area contributed by atoms with Gasteiger partial charge in [-0.3, -0.25) is 9.69 Å². The summed E-state index contributed by atoms with van der Waals surface area (Å²) in [6.07, 6.45) is 4.83. The molecule has 3 heterocycles. The van der Waals surface area contributed by atoms with Gasteiger partial charge < -0.3 is 0 Å². The second-order valence-corrected chi connectivity index (χ2v) is 6.95. The van der Waals surface area contributed by atoms with Crippen molar-refractivity contribution in [2.24, 2.45) is 0 Å². The second-order valence-electron chi connectivity index (χ2n) is 5.12. The van der Waals surface area contributed by atoms with Crippen LogP contribution in [0.15, 0.2) is 47.3 Å². The van der Waals surface area contributed by atoms with Crippen LogP contribution in [0.3, 0.4) is 0 Å². The Morgan fingerprint density at radius 1 is 1.29 bits per heavy atom. The van der Waals surface area contributed by atoms with E-state index in [1.165, 1.54) is 11.1 Å². The number of carbonyl (C=O) groups excluding carboxylic acids is 1. The van der Waals surface area contributed by atoms with Crippen molar-refractivity contribution in [1.82, 2.24) is 14.6 Å². The van der Waals surface area contributed by atoms with Crippen molar-refractivity contribution < 1.29 is 13.2 Å². The molecule has 0 fully saturated rings. The minimum Gasteiger partial charge on any atom is -0.296 e. The molecule has 24 heavy (non-hydrogen) atoms. The standard InChI is InChI=1S/C15H13BrN4O3S/c1-19(14-3-2-10(7-17-14)9-24(22)23)15(21)11-4-5-20-13(6-11)12(16)8-18-20/h2-8,24H,9H2,1H3. The fraction of sp³-hybridized carbons (Fsp3) is 0.133. The summed E-state index contributed by atoms with van der Waals surface area (Å²) < 4.78 is 23.9. The van der Waals surface area contributed by atoms with Gasteiger partial charge in [0.25, 0.3) is 5.91 Å². The molecule has 0 aliphatic carbocycles. The number of halogens is 1. The molecular formula is C15H13BrN4O3S. The van der Waals surface area contributed by atoms with Gasteiger partial charge in [-0.15, -0.1) is 0 Å². The Morgan fingerprint density at radius 3 is 2.75 bits per heavy atom. The maximum Gasteiger partial charge on any atom is 0.259 e. The zero-order chi connectivity index (χ0) is 17.3. The molecule has 3 aromatic heterocycles. The van der Waals surface area contributed by atoms with Crippen LogP contribution in [0.5, 0.6) is 0 Å². The Kier molecular flexibility index (Phi) is 4.63. The molecule has 0 spiro atoms. The van der Waals surface area contributed by atoms with Crippen LogP contribution in [0.25, 0.3) is 5.52 Å². The van der Waals surface area contributed by atoms with E-state index in [2.05, 4.69) is 26.0 Å². The van der Waals surface area contributed by atoms with E-state index < -0.39 is 10.7 Å². The Bertz CT molecular complexity index is 974. The van der Waals surface area contributed by atoms with E-state index in [-0.39, 0.29) is 11.7 Å². The third-order valence-corrected chi connectivity index (χ3v) is 4.72. The summed E-state index contributed by atoms with van der Waals surface area (Å²) in [5.74, 6) is 0.157. The number of aromatic nitrogens is 3. The maximum atomic E-state index is 12.6. The quantitative estimate of drug-likeness (QED) is 0.666.